The van der Waals surface area contributed by atoms with E-state index >= 15 is 0 Å². The standard InChI is InChI=1S/C16H24N2O2S/c1-5-7-12-16(20)18(11(4)15(19)17-12)14(10(2)3)13-8-6-9-21-13/h6,8-12,14H,5,7H2,1-4H3,(H,17,19). The topological polar surface area (TPSA) is 49.4 Å². The van der Waals surface area contributed by atoms with Crippen molar-refractivity contribution in [2.24, 2.45) is 5.92 Å². The molecule has 2 rings (SSSR count). The number of carbonyl (C=O) groups excluding carboxylic acids is 2. The van der Waals surface area contributed by atoms with E-state index < -0.39 is 6.04 Å². The molecule has 5 heteroatoms. The van der Waals surface area contributed by atoms with E-state index in [1.807, 2.05) is 25.3 Å². The van der Waals surface area contributed by atoms with Crippen LogP contribution in [-0.4, -0.2) is 28.8 Å². The third-order valence-electron chi connectivity index (χ3n) is 4.01. The Morgan fingerprint density at radius 1 is 1.38 bits per heavy atom. The summed E-state index contributed by atoms with van der Waals surface area (Å²) in [7, 11) is 0. The smallest absolute Gasteiger partial charge is 0.246 e. The molecule has 2 amide bonds. The molecule has 2 heterocycles. The second kappa shape index (κ2) is 6.60. The number of nitrogens with one attached hydrogen (secondary N) is 1. The summed E-state index contributed by atoms with van der Waals surface area (Å²) in [6.45, 7) is 8.05. The Bertz CT molecular complexity index is 498. The van der Waals surface area contributed by atoms with Crippen LogP contribution in [-0.2, 0) is 9.59 Å². The van der Waals surface area contributed by atoms with Crippen molar-refractivity contribution in [1.82, 2.24) is 10.2 Å². The summed E-state index contributed by atoms with van der Waals surface area (Å²) in [6.07, 6.45) is 1.58. The van der Waals surface area contributed by atoms with Gasteiger partial charge in [0.15, 0.2) is 0 Å². The summed E-state index contributed by atoms with van der Waals surface area (Å²) in [5.41, 5.74) is 0. The van der Waals surface area contributed by atoms with Gasteiger partial charge in [-0.25, -0.2) is 0 Å². The third-order valence-corrected chi connectivity index (χ3v) is 4.95. The molecule has 0 spiro atoms. The van der Waals surface area contributed by atoms with E-state index in [1.54, 1.807) is 16.2 Å². The summed E-state index contributed by atoms with van der Waals surface area (Å²) in [4.78, 5) is 28.0. The number of hydrogen-bond acceptors (Lipinski definition) is 3. The lowest BCUT2D eigenvalue weighted by molar-refractivity contribution is -0.152. The van der Waals surface area contributed by atoms with Gasteiger partial charge >= 0.3 is 0 Å². The van der Waals surface area contributed by atoms with E-state index in [9.17, 15) is 9.59 Å². The number of rotatable bonds is 5. The van der Waals surface area contributed by atoms with Gasteiger partial charge in [0.05, 0.1) is 6.04 Å². The maximum absolute atomic E-state index is 12.8. The lowest BCUT2D eigenvalue weighted by atomic mass is 9.95. The van der Waals surface area contributed by atoms with Gasteiger partial charge in [-0.15, -0.1) is 11.3 Å². The van der Waals surface area contributed by atoms with Gasteiger partial charge in [0.1, 0.15) is 12.1 Å². The van der Waals surface area contributed by atoms with Crippen molar-refractivity contribution in [2.75, 3.05) is 0 Å². The summed E-state index contributed by atoms with van der Waals surface area (Å²) in [6, 6.07) is 3.23. The van der Waals surface area contributed by atoms with E-state index in [1.165, 1.54) is 0 Å². The van der Waals surface area contributed by atoms with E-state index in [0.29, 0.717) is 6.42 Å². The number of carbonyl (C=O) groups is 2. The Morgan fingerprint density at radius 2 is 2.10 bits per heavy atom. The second-order valence-electron chi connectivity index (χ2n) is 5.98. The quantitative estimate of drug-likeness (QED) is 0.909. The number of thiophene rings is 1. The van der Waals surface area contributed by atoms with Crippen LogP contribution in [0.2, 0.25) is 0 Å². The number of piperazine rings is 1. The van der Waals surface area contributed by atoms with E-state index in [0.717, 1.165) is 11.3 Å². The van der Waals surface area contributed by atoms with Crippen molar-refractivity contribution in [1.29, 1.82) is 0 Å². The van der Waals surface area contributed by atoms with Crippen LogP contribution in [0.1, 0.15) is 51.5 Å². The molecule has 0 radical (unpaired) electrons. The molecule has 116 valence electrons. The molecule has 1 aliphatic heterocycles. The molecule has 21 heavy (non-hydrogen) atoms. The van der Waals surface area contributed by atoms with Crippen molar-refractivity contribution in [3.8, 4) is 0 Å². The Kier molecular flexibility index (Phi) is 5.04. The minimum Gasteiger partial charge on any atom is -0.343 e. The van der Waals surface area contributed by atoms with Gasteiger partial charge in [0.25, 0.3) is 0 Å². The van der Waals surface area contributed by atoms with E-state index in [-0.39, 0.29) is 29.8 Å². The van der Waals surface area contributed by atoms with E-state index in [4.69, 9.17) is 0 Å². The monoisotopic (exact) mass is 308 g/mol. The van der Waals surface area contributed by atoms with Crippen LogP contribution in [0.25, 0.3) is 0 Å². The van der Waals surface area contributed by atoms with Gasteiger partial charge in [-0.05, 0) is 30.7 Å². The molecular formula is C16H24N2O2S. The van der Waals surface area contributed by atoms with E-state index in [2.05, 4.69) is 25.2 Å². The zero-order valence-corrected chi connectivity index (χ0v) is 13.9. The van der Waals surface area contributed by atoms with Crippen molar-refractivity contribution in [2.45, 2.75) is 58.7 Å². The van der Waals surface area contributed by atoms with Crippen LogP contribution in [0.15, 0.2) is 17.5 Å². The fourth-order valence-corrected chi connectivity index (χ4v) is 3.96. The third kappa shape index (κ3) is 3.12. The second-order valence-corrected chi connectivity index (χ2v) is 6.95. The van der Waals surface area contributed by atoms with Gasteiger partial charge in [-0.3, -0.25) is 9.59 Å². The first-order valence-electron chi connectivity index (χ1n) is 7.63. The van der Waals surface area contributed by atoms with Gasteiger partial charge in [0, 0.05) is 4.88 Å². The molecule has 3 atom stereocenters. The molecule has 0 saturated carbocycles. The number of amides is 2. The zero-order valence-electron chi connectivity index (χ0n) is 13.1. The maximum Gasteiger partial charge on any atom is 0.246 e. The minimum absolute atomic E-state index is 0.0297. The van der Waals surface area contributed by atoms with Crippen molar-refractivity contribution < 1.29 is 9.59 Å². The average Bonchev–Trinajstić information content (AvgIpc) is 2.94. The van der Waals surface area contributed by atoms with Gasteiger partial charge in [0.2, 0.25) is 11.8 Å². The minimum atomic E-state index is -0.417. The first-order valence-corrected chi connectivity index (χ1v) is 8.51. The highest BCUT2D eigenvalue weighted by Crippen LogP contribution is 2.35. The predicted molar refractivity (Wildman–Crippen MR) is 85.0 cm³/mol. The van der Waals surface area contributed by atoms with Gasteiger partial charge < -0.3 is 10.2 Å². The zero-order chi connectivity index (χ0) is 15.6. The molecule has 4 nitrogen and oxygen atoms in total. The first-order chi connectivity index (χ1) is 9.97. The van der Waals surface area contributed by atoms with Gasteiger partial charge in [-0.1, -0.05) is 33.3 Å². The van der Waals surface area contributed by atoms with Gasteiger partial charge in [-0.2, -0.15) is 0 Å². The molecule has 0 aliphatic carbocycles. The fraction of sp³-hybridized carbons (Fsp3) is 0.625. The molecule has 0 bridgehead atoms. The highest BCUT2D eigenvalue weighted by atomic mass is 32.1. The highest BCUT2D eigenvalue weighted by molar-refractivity contribution is 7.10. The summed E-state index contributed by atoms with van der Waals surface area (Å²) in [5, 5.41) is 4.88. The maximum atomic E-state index is 12.8. The van der Waals surface area contributed by atoms with Crippen molar-refractivity contribution >= 4 is 23.2 Å². The summed E-state index contributed by atoms with van der Waals surface area (Å²) >= 11 is 1.65. The highest BCUT2D eigenvalue weighted by Gasteiger charge is 2.42. The first kappa shape index (κ1) is 16.0. The van der Waals surface area contributed by atoms with Crippen LogP contribution < -0.4 is 5.32 Å². The average molecular weight is 308 g/mol. The molecule has 1 fully saturated rings. The van der Waals surface area contributed by atoms with Crippen LogP contribution in [0.3, 0.4) is 0 Å². The predicted octanol–water partition coefficient (Wildman–Crippen LogP) is 2.96. The molecule has 0 aromatic carbocycles. The molecule has 1 aromatic rings. The van der Waals surface area contributed by atoms with Crippen molar-refractivity contribution in [3.63, 3.8) is 0 Å². The number of nitrogens with zero attached hydrogens (tertiary/aromatic N) is 1. The molecular weight excluding hydrogens is 284 g/mol. The Morgan fingerprint density at radius 3 is 2.62 bits per heavy atom. The van der Waals surface area contributed by atoms with Crippen LogP contribution in [0.4, 0.5) is 0 Å². The van der Waals surface area contributed by atoms with Crippen LogP contribution >= 0.6 is 11.3 Å². The molecule has 1 aromatic heterocycles. The SMILES string of the molecule is CCCC1NC(=O)C(C)N(C(c2cccs2)C(C)C)C1=O. The lowest BCUT2D eigenvalue weighted by Gasteiger charge is -2.43. The fourth-order valence-electron chi connectivity index (χ4n) is 2.96. The Hall–Kier alpha value is -1.36. The normalized spacial score (nSPS) is 24.3. The Labute approximate surface area is 130 Å². The van der Waals surface area contributed by atoms with Crippen molar-refractivity contribution in [3.05, 3.63) is 22.4 Å². The molecule has 1 N–H and O–H groups in total. The van der Waals surface area contributed by atoms with Crippen LogP contribution in [0, 0.1) is 5.92 Å². The lowest BCUT2D eigenvalue weighted by Crippen LogP contribution is -2.63. The summed E-state index contributed by atoms with van der Waals surface area (Å²) < 4.78 is 0. The molecule has 1 saturated heterocycles. The largest absolute Gasteiger partial charge is 0.343 e. The number of hydrogen-bond donors (Lipinski definition) is 1. The Balaban J connectivity index is 2.36. The molecule has 1 aliphatic rings. The summed E-state index contributed by atoms with van der Waals surface area (Å²) in [5.74, 6) is 0.273. The molecule has 3 unspecified atom stereocenters. The van der Waals surface area contributed by atoms with Crippen LogP contribution in [0.5, 0.6) is 0 Å².